The molecule has 8 heteroatoms. The average molecular weight is 407 g/mol. The van der Waals surface area contributed by atoms with Crippen LogP contribution < -0.4 is 0 Å². The van der Waals surface area contributed by atoms with Crippen molar-refractivity contribution in [3.05, 3.63) is 77.8 Å². The lowest BCUT2D eigenvalue weighted by atomic mass is 10.2. The molecule has 1 unspecified atom stereocenters. The van der Waals surface area contributed by atoms with Gasteiger partial charge in [0.2, 0.25) is 11.7 Å². The van der Waals surface area contributed by atoms with Crippen molar-refractivity contribution in [1.82, 2.24) is 29.6 Å². The molecule has 0 N–H and O–H groups in total. The number of hydrogen-bond donors (Lipinski definition) is 0. The largest absolute Gasteiger partial charge is 0.337 e. The number of nitrogens with zero attached hydrogens (tertiary/aromatic N) is 6. The van der Waals surface area contributed by atoms with E-state index in [4.69, 9.17) is 16.1 Å². The van der Waals surface area contributed by atoms with Crippen molar-refractivity contribution in [3.63, 3.8) is 0 Å². The van der Waals surface area contributed by atoms with Gasteiger partial charge in [-0.1, -0.05) is 28.9 Å². The maximum absolute atomic E-state index is 6.00. The topological polar surface area (TPSA) is 72.9 Å². The Hall–Kier alpha value is -3.03. The third-order valence-corrected chi connectivity index (χ3v) is 5.42. The molecule has 1 fully saturated rings. The predicted octanol–water partition coefficient (Wildman–Crippen LogP) is 4.31. The van der Waals surface area contributed by atoms with Crippen LogP contribution in [0.5, 0.6) is 0 Å². The van der Waals surface area contributed by atoms with E-state index in [1.165, 1.54) is 5.56 Å². The van der Waals surface area contributed by atoms with E-state index in [1.807, 2.05) is 35.0 Å². The van der Waals surface area contributed by atoms with Crippen LogP contribution in [-0.2, 0) is 6.54 Å². The number of imidazole rings is 1. The van der Waals surface area contributed by atoms with Gasteiger partial charge in [0.25, 0.3) is 0 Å². The highest BCUT2D eigenvalue weighted by atomic mass is 35.5. The molecule has 29 heavy (non-hydrogen) atoms. The molecule has 4 aromatic rings. The minimum absolute atomic E-state index is 0.130. The zero-order chi connectivity index (χ0) is 19.6. The monoisotopic (exact) mass is 406 g/mol. The van der Waals surface area contributed by atoms with Crippen LogP contribution in [0.1, 0.15) is 30.3 Å². The molecule has 146 valence electrons. The quantitative estimate of drug-likeness (QED) is 0.491. The van der Waals surface area contributed by atoms with Gasteiger partial charge in [0.05, 0.1) is 6.04 Å². The minimum atomic E-state index is 0.130. The third-order valence-electron chi connectivity index (χ3n) is 5.16. The van der Waals surface area contributed by atoms with Crippen molar-refractivity contribution in [3.8, 4) is 17.2 Å². The maximum Gasteiger partial charge on any atom is 0.244 e. The first kappa shape index (κ1) is 18.0. The standard InChI is InChI=1S/C21H19ClN6O/c22-17-6-3-15(4-7-17)13-27-10-1-2-18(27)21-25-20(26-29-21)16-5-8-19(24-12-16)28-11-9-23-14-28/h3-9,11-12,14,18H,1-2,10,13H2. The van der Waals surface area contributed by atoms with Gasteiger partial charge < -0.3 is 4.52 Å². The molecule has 0 spiro atoms. The molecule has 0 radical (unpaired) electrons. The fourth-order valence-corrected chi connectivity index (χ4v) is 3.80. The second kappa shape index (κ2) is 7.77. The number of likely N-dealkylation sites (tertiary alicyclic amines) is 1. The highest BCUT2D eigenvalue weighted by Gasteiger charge is 2.30. The molecule has 0 aliphatic carbocycles. The van der Waals surface area contributed by atoms with Gasteiger partial charge in [-0.15, -0.1) is 0 Å². The van der Waals surface area contributed by atoms with Gasteiger partial charge in [0, 0.05) is 35.7 Å². The molecule has 3 aromatic heterocycles. The Morgan fingerprint density at radius 2 is 2.03 bits per heavy atom. The van der Waals surface area contributed by atoms with Crippen LogP contribution in [0.3, 0.4) is 0 Å². The van der Waals surface area contributed by atoms with Gasteiger partial charge in [0.15, 0.2) is 0 Å². The Morgan fingerprint density at radius 3 is 2.79 bits per heavy atom. The Labute approximate surface area is 173 Å². The molecular formula is C21H19ClN6O. The van der Waals surface area contributed by atoms with Crippen molar-refractivity contribution in [2.75, 3.05) is 6.54 Å². The Kier molecular flexibility index (Phi) is 4.83. The molecule has 1 aromatic carbocycles. The third kappa shape index (κ3) is 3.79. The van der Waals surface area contributed by atoms with E-state index in [1.54, 1.807) is 18.7 Å². The molecule has 1 aliphatic heterocycles. The predicted molar refractivity (Wildman–Crippen MR) is 108 cm³/mol. The van der Waals surface area contributed by atoms with E-state index in [9.17, 15) is 0 Å². The second-order valence-electron chi connectivity index (χ2n) is 7.09. The normalized spacial score (nSPS) is 17.1. The number of rotatable bonds is 5. The molecule has 7 nitrogen and oxygen atoms in total. The van der Waals surface area contributed by atoms with Gasteiger partial charge in [-0.2, -0.15) is 4.98 Å². The van der Waals surface area contributed by atoms with Crippen LogP contribution in [-0.4, -0.2) is 36.1 Å². The Morgan fingerprint density at radius 1 is 1.14 bits per heavy atom. The van der Waals surface area contributed by atoms with Crippen LogP contribution in [0.4, 0.5) is 0 Å². The van der Waals surface area contributed by atoms with Crippen LogP contribution in [0, 0.1) is 0 Å². The zero-order valence-electron chi connectivity index (χ0n) is 15.6. The van der Waals surface area contributed by atoms with E-state index >= 15 is 0 Å². The smallest absolute Gasteiger partial charge is 0.244 e. The van der Waals surface area contributed by atoms with E-state index in [2.05, 4.69) is 37.1 Å². The number of benzene rings is 1. The molecule has 0 amide bonds. The summed E-state index contributed by atoms with van der Waals surface area (Å²) < 4.78 is 7.47. The summed E-state index contributed by atoms with van der Waals surface area (Å²) >= 11 is 6.00. The van der Waals surface area contributed by atoms with Gasteiger partial charge in [-0.25, -0.2) is 9.97 Å². The van der Waals surface area contributed by atoms with Crippen LogP contribution in [0.25, 0.3) is 17.2 Å². The van der Waals surface area contributed by atoms with Gasteiger partial charge in [-0.05, 0) is 49.2 Å². The highest BCUT2D eigenvalue weighted by Crippen LogP contribution is 2.33. The summed E-state index contributed by atoms with van der Waals surface area (Å²) in [7, 11) is 0. The molecule has 0 bridgehead atoms. The van der Waals surface area contributed by atoms with Crippen LogP contribution in [0.15, 0.2) is 65.8 Å². The molecule has 4 heterocycles. The first-order chi connectivity index (χ1) is 14.3. The van der Waals surface area contributed by atoms with E-state index in [-0.39, 0.29) is 6.04 Å². The second-order valence-corrected chi connectivity index (χ2v) is 7.52. The fourth-order valence-electron chi connectivity index (χ4n) is 3.67. The number of hydrogen-bond acceptors (Lipinski definition) is 6. The first-order valence-corrected chi connectivity index (χ1v) is 9.91. The Balaban J connectivity index is 1.33. The molecule has 5 rings (SSSR count). The summed E-state index contributed by atoms with van der Waals surface area (Å²) in [5, 5.41) is 4.94. The van der Waals surface area contributed by atoms with E-state index < -0.39 is 0 Å². The first-order valence-electron chi connectivity index (χ1n) is 9.53. The van der Waals surface area contributed by atoms with Crippen molar-refractivity contribution in [1.29, 1.82) is 0 Å². The van der Waals surface area contributed by atoms with Gasteiger partial charge in [-0.3, -0.25) is 9.47 Å². The molecule has 1 saturated heterocycles. The number of pyridine rings is 1. The van der Waals surface area contributed by atoms with Crippen LogP contribution >= 0.6 is 11.6 Å². The van der Waals surface area contributed by atoms with E-state index in [0.717, 1.165) is 42.3 Å². The lowest BCUT2D eigenvalue weighted by Crippen LogP contribution is -2.23. The van der Waals surface area contributed by atoms with Crippen molar-refractivity contribution in [2.45, 2.75) is 25.4 Å². The van der Waals surface area contributed by atoms with Crippen LogP contribution in [0.2, 0.25) is 5.02 Å². The summed E-state index contributed by atoms with van der Waals surface area (Å²) in [4.78, 5) is 15.5. The number of aromatic nitrogens is 5. The lowest BCUT2D eigenvalue weighted by molar-refractivity contribution is 0.201. The minimum Gasteiger partial charge on any atom is -0.337 e. The molecular weight excluding hydrogens is 388 g/mol. The summed E-state index contributed by atoms with van der Waals surface area (Å²) in [6.45, 7) is 1.84. The summed E-state index contributed by atoms with van der Waals surface area (Å²) in [5.74, 6) is 2.01. The summed E-state index contributed by atoms with van der Waals surface area (Å²) in [6.07, 6.45) is 9.15. The summed E-state index contributed by atoms with van der Waals surface area (Å²) in [5.41, 5.74) is 2.05. The fraction of sp³-hybridized carbons (Fsp3) is 0.238. The molecule has 1 atom stereocenters. The lowest BCUT2D eigenvalue weighted by Gasteiger charge is -2.21. The SMILES string of the molecule is Clc1ccc(CN2CCCC2c2nc(-c3ccc(-n4ccnc4)nc3)no2)cc1. The van der Waals surface area contributed by atoms with Crippen molar-refractivity contribution < 1.29 is 4.52 Å². The summed E-state index contributed by atoms with van der Waals surface area (Å²) in [6, 6.07) is 12.0. The maximum atomic E-state index is 6.00. The van der Waals surface area contributed by atoms with E-state index in [0.29, 0.717) is 11.7 Å². The zero-order valence-corrected chi connectivity index (χ0v) is 16.4. The van der Waals surface area contributed by atoms with Crippen molar-refractivity contribution >= 4 is 11.6 Å². The number of halogens is 1. The molecule has 1 aliphatic rings. The van der Waals surface area contributed by atoms with Gasteiger partial charge in [0.1, 0.15) is 12.1 Å². The Bertz CT molecular complexity index is 1080. The van der Waals surface area contributed by atoms with Gasteiger partial charge >= 0.3 is 0 Å². The average Bonchev–Trinajstić information content (AvgIpc) is 3.51. The van der Waals surface area contributed by atoms with Crippen molar-refractivity contribution in [2.24, 2.45) is 0 Å². The highest BCUT2D eigenvalue weighted by molar-refractivity contribution is 6.30. The molecule has 0 saturated carbocycles.